The first-order valence-corrected chi connectivity index (χ1v) is 9.28. The molecule has 0 bridgehead atoms. The number of piperidine rings is 1. The Labute approximate surface area is 166 Å². The monoisotopic (exact) mass is 414 g/mol. The molecule has 1 aromatic heterocycles. The number of hydrogen-bond donors (Lipinski definition) is 0. The Morgan fingerprint density at radius 1 is 1.19 bits per heavy atom. The van der Waals surface area contributed by atoms with Gasteiger partial charge in [-0.25, -0.2) is 0 Å². The maximum absolute atomic E-state index is 12.5. The zero-order valence-electron chi connectivity index (χ0n) is 13.8. The molecule has 1 saturated heterocycles. The van der Waals surface area contributed by atoms with Crippen molar-refractivity contribution in [2.24, 2.45) is 0 Å². The number of likely N-dealkylation sites (tertiary alicyclic amines) is 1. The molecule has 1 aromatic carbocycles. The second-order valence-corrected chi connectivity index (χ2v) is 7.14. The highest BCUT2D eigenvalue weighted by Crippen LogP contribution is 2.28. The van der Waals surface area contributed by atoms with Crippen molar-refractivity contribution in [3.8, 4) is 11.5 Å². The van der Waals surface area contributed by atoms with Gasteiger partial charge >= 0.3 is 0 Å². The largest absolute Gasteiger partial charge is 0.487 e. The number of carbonyl (C=O) groups excluding carboxylic acids is 1. The number of amides is 1. The Hall–Kier alpha value is -1.69. The van der Waals surface area contributed by atoms with E-state index in [1.54, 1.807) is 35.4 Å². The summed E-state index contributed by atoms with van der Waals surface area (Å²) in [5.41, 5.74) is 0. The maximum atomic E-state index is 12.5. The van der Waals surface area contributed by atoms with Crippen LogP contribution in [0.2, 0.25) is 15.1 Å². The van der Waals surface area contributed by atoms with Gasteiger partial charge in [0.05, 0.1) is 11.6 Å². The number of ether oxygens (including phenoxy) is 2. The number of carbonyl (C=O) groups is 1. The minimum atomic E-state index is -0.120. The molecule has 1 amide bonds. The van der Waals surface area contributed by atoms with Gasteiger partial charge in [-0.15, -0.1) is 0 Å². The zero-order valence-corrected chi connectivity index (χ0v) is 16.1. The van der Waals surface area contributed by atoms with Crippen LogP contribution in [0.3, 0.4) is 0 Å². The summed E-state index contributed by atoms with van der Waals surface area (Å²) in [5, 5.41) is 1.34. The number of aromatic nitrogens is 1. The van der Waals surface area contributed by atoms with Crippen molar-refractivity contribution in [2.75, 3.05) is 19.7 Å². The lowest BCUT2D eigenvalue weighted by molar-refractivity contribution is -0.136. The van der Waals surface area contributed by atoms with Gasteiger partial charge in [0.25, 0.3) is 5.91 Å². The van der Waals surface area contributed by atoms with Crippen LogP contribution in [-0.4, -0.2) is 41.6 Å². The molecule has 0 unspecified atom stereocenters. The van der Waals surface area contributed by atoms with E-state index in [1.165, 1.54) is 6.20 Å². The van der Waals surface area contributed by atoms with Crippen LogP contribution in [0.4, 0.5) is 0 Å². The summed E-state index contributed by atoms with van der Waals surface area (Å²) in [6, 6.07) is 6.60. The molecule has 0 aliphatic carbocycles. The van der Waals surface area contributed by atoms with Crippen molar-refractivity contribution < 1.29 is 14.3 Å². The van der Waals surface area contributed by atoms with Gasteiger partial charge in [0, 0.05) is 30.0 Å². The standard InChI is InChI=1S/C18H17Cl3N2O3/c19-12-3-4-16(14(20)8-12)25-11-18(24)23-7-1-2-13(10-23)26-17-5-6-22-9-15(17)21/h3-6,8-9,13H,1-2,7,10-11H2/t13-/m1/s1. The molecule has 3 rings (SSSR count). The molecular weight excluding hydrogens is 399 g/mol. The molecule has 2 aromatic rings. The quantitative estimate of drug-likeness (QED) is 0.722. The summed E-state index contributed by atoms with van der Waals surface area (Å²) in [4.78, 5) is 18.1. The van der Waals surface area contributed by atoms with Gasteiger partial charge in [0.15, 0.2) is 6.61 Å². The van der Waals surface area contributed by atoms with Crippen molar-refractivity contribution in [1.29, 1.82) is 0 Å². The fraction of sp³-hybridized carbons (Fsp3) is 0.333. The molecular formula is C18H17Cl3N2O3. The molecule has 5 nitrogen and oxygen atoms in total. The SMILES string of the molecule is O=C(COc1ccc(Cl)cc1Cl)N1CCC[C@@H](Oc2ccncc2Cl)C1. The average Bonchev–Trinajstić information content (AvgIpc) is 2.63. The number of hydrogen-bond acceptors (Lipinski definition) is 4. The summed E-state index contributed by atoms with van der Waals surface area (Å²) in [7, 11) is 0. The van der Waals surface area contributed by atoms with Crippen LogP contribution >= 0.6 is 34.8 Å². The van der Waals surface area contributed by atoms with E-state index in [-0.39, 0.29) is 18.6 Å². The van der Waals surface area contributed by atoms with Crippen LogP contribution in [-0.2, 0) is 4.79 Å². The molecule has 0 radical (unpaired) electrons. The second kappa shape index (κ2) is 8.80. The smallest absolute Gasteiger partial charge is 0.260 e. The van der Waals surface area contributed by atoms with Crippen LogP contribution in [0.5, 0.6) is 11.5 Å². The van der Waals surface area contributed by atoms with Crippen LogP contribution in [0.15, 0.2) is 36.7 Å². The van der Waals surface area contributed by atoms with Gasteiger partial charge in [-0.05, 0) is 31.0 Å². The Morgan fingerprint density at radius 2 is 2.04 bits per heavy atom. The molecule has 1 atom stereocenters. The van der Waals surface area contributed by atoms with Crippen molar-refractivity contribution in [1.82, 2.24) is 9.88 Å². The Bertz CT molecular complexity index is 788. The van der Waals surface area contributed by atoms with Crippen molar-refractivity contribution in [3.05, 3.63) is 51.7 Å². The lowest BCUT2D eigenvalue weighted by Gasteiger charge is -2.33. The molecule has 2 heterocycles. The molecule has 0 N–H and O–H groups in total. The number of benzene rings is 1. The first-order chi connectivity index (χ1) is 12.5. The van der Waals surface area contributed by atoms with Crippen LogP contribution in [0.1, 0.15) is 12.8 Å². The highest BCUT2D eigenvalue weighted by atomic mass is 35.5. The number of halogens is 3. The van der Waals surface area contributed by atoms with E-state index in [1.807, 2.05) is 0 Å². The first-order valence-electron chi connectivity index (χ1n) is 8.14. The maximum Gasteiger partial charge on any atom is 0.260 e. The lowest BCUT2D eigenvalue weighted by Crippen LogP contribution is -2.46. The zero-order chi connectivity index (χ0) is 18.5. The van der Waals surface area contributed by atoms with Crippen LogP contribution < -0.4 is 9.47 Å². The van der Waals surface area contributed by atoms with E-state index in [0.717, 1.165) is 12.8 Å². The minimum Gasteiger partial charge on any atom is -0.487 e. The third kappa shape index (κ3) is 4.93. The number of nitrogens with zero attached hydrogens (tertiary/aromatic N) is 2. The van der Waals surface area contributed by atoms with Crippen LogP contribution in [0.25, 0.3) is 0 Å². The molecule has 1 fully saturated rings. The summed E-state index contributed by atoms with van der Waals surface area (Å²) < 4.78 is 11.4. The van der Waals surface area contributed by atoms with Gasteiger partial charge < -0.3 is 14.4 Å². The van der Waals surface area contributed by atoms with E-state index in [9.17, 15) is 4.79 Å². The van der Waals surface area contributed by atoms with Crippen molar-refractivity contribution >= 4 is 40.7 Å². The molecule has 26 heavy (non-hydrogen) atoms. The first kappa shape index (κ1) is 19.1. The number of rotatable bonds is 5. The molecule has 1 aliphatic heterocycles. The van der Waals surface area contributed by atoms with Gasteiger partial charge in [-0.2, -0.15) is 0 Å². The minimum absolute atomic E-state index is 0.0932. The van der Waals surface area contributed by atoms with Crippen molar-refractivity contribution in [2.45, 2.75) is 18.9 Å². The van der Waals surface area contributed by atoms with Gasteiger partial charge in [0.1, 0.15) is 22.6 Å². The number of pyridine rings is 1. The normalized spacial score (nSPS) is 17.0. The van der Waals surface area contributed by atoms with Gasteiger partial charge in [-0.1, -0.05) is 34.8 Å². The molecule has 8 heteroatoms. The molecule has 1 aliphatic rings. The predicted octanol–water partition coefficient (Wildman–Crippen LogP) is 4.49. The summed E-state index contributed by atoms with van der Waals surface area (Å²) in [6.45, 7) is 1.06. The third-order valence-corrected chi connectivity index (χ3v) is 4.82. The average molecular weight is 416 g/mol. The summed E-state index contributed by atoms with van der Waals surface area (Å²) in [6.07, 6.45) is 4.74. The van der Waals surface area contributed by atoms with Gasteiger partial charge in [-0.3, -0.25) is 9.78 Å². The molecule has 0 saturated carbocycles. The van der Waals surface area contributed by atoms with Crippen LogP contribution in [0, 0.1) is 0 Å². The fourth-order valence-corrected chi connectivity index (χ4v) is 3.35. The highest BCUT2D eigenvalue weighted by Gasteiger charge is 2.25. The fourth-order valence-electron chi connectivity index (χ4n) is 2.72. The van der Waals surface area contributed by atoms with E-state index in [4.69, 9.17) is 44.3 Å². The molecule has 138 valence electrons. The van der Waals surface area contributed by atoms with E-state index < -0.39 is 0 Å². The summed E-state index contributed by atoms with van der Waals surface area (Å²) in [5.74, 6) is 0.882. The second-order valence-electron chi connectivity index (χ2n) is 5.89. The van der Waals surface area contributed by atoms with E-state index in [0.29, 0.717) is 39.7 Å². The molecule has 0 spiro atoms. The van der Waals surface area contributed by atoms with E-state index >= 15 is 0 Å². The van der Waals surface area contributed by atoms with Gasteiger partial charge in [0.2, 0.25) is 0 Å². The topological polar surface area (TPSA) is 51.7 Å². The van der Waals surface area contributed by atoms with Crippen molar-refractivity contribution in [3.63, 3.8) is 0 Å². The Kier molecular flexibility index (Phi) is 6.46. The lowest BCUT2D eigenvalue weighted by atomic mass is 10.1. The highest BCUT2D eigenvalue weighted by molar-refractivity contribution is 6.35. The predicted molar refractivity (Wildman–Crippen MR) is 101 cm³/mol. The van der Waals surface area contributed by atoms with E-state index in [2.05, 4.69) is 4.98 Å². The Morgan fingerprint density at radius 3 is 2.81 bits per heavy atom. The summed E-state index contributed by atoms with van der Waals surface area (Å²) >= 11 is 18.0. The Balaban J connectivity index is 1.55. The third-order valence-electron chi connectivity index (χ3n) is 4.00.